The van der Waals surface area contributed by atoms with Crippen LogP contribution in [0.1, 0.15) is 25.2 Å². The Morgan fingerprint density at radius 3 is 2.39 bits per heavy atom. The van der Waals surface area contributed by atoms with Crippen LogP contribution < -0.4 is 30.3 Å². The number of nitrogen functional groups attached to an aromatic ring is 1. The summed E-state index contributed by atoms with van der Waals surface area (Å²) in [5.41, 5.74) is 9.82. The summed E-state index contributed by atoms with van der Waals surface area (Å²) < 4.78 is 15.8. The van der Waals surface area contributed by atoms with Crippen LogP contribution >= 0.6 is 0 Å². The van der Waals surface area contributed by atoms with Gasteiger partial charge in [-0.3, -0.25) is 5.32 Å². The van der Waals surface area contributed by atoms with Crippen molar-refractivity contribution in [3.05, 3.63) is 66.8 Å². The number of fused-ring (bicyclic) bond motifs is 2. The zero-order valence-corrected chi connectivity index (χ0v) is 23.6. The van der Waals surface area contributed by atoms with Crippen LogP contribution in [0.4, 0.5) is 27.8 Å². The van der Waals surface area contributed by atoms with Crippen LogP contribution in [0.5, 0.6) is 11.5 Å². The molecule has 0 unspecified atom stereocenters. The predicted octanol–water partition coefficient (Wildman–Crippen LogP) is 3.84. The number of carbonyl (C=O) groups excluding carboxylic acids is 1. The van der Waals surface area contributed by atoms with E-state index < -0.39 is 6.09 Å². The molecule has 0 bridgehead atoms. The minimum Gasteiger partial charge on any atom is -0.490 e. The summed E-state index contributed by atoms with van der Waals surface area (Å²) in [6, 6.07) is 9.24. The number of aromatic nitrogens is 5. The van der Waals surface area contributed by atoms with Gasteiger partial charge < -0.3 is 39.7 Å². The van der Waals surface area contributed by atoms with Crippen LogP contribution in [-0.2, 0) is 17.7 Å². The van der Waals surface area contributed by atoms with E-state index in [-0.39, 0.29) is 0 Å². The molecule has 13 heteroatoms. The molecule has 0 fully saturated rings. The summed E-state index contributed by atoms with van der Waals surface area (Å²) in [6.07, 6.45) is 7.36. The Labute approximate surface area is 239 Å². The molecule has 0 saturated heterocycles. The maximum absolute atomic E-state index is 11.3. The van der Waals surface area contributed by atoms with Gasteiger partial charge in [0.1, 0.15) is 24.8 Å². The Morgan fingerprint density at radius 1 is 1.00 bits per heavy atom. The number of methoxy groups -OCH3 is 1. The molecular weight excluding hydrogens is 526 g/mol. The van der Waals surface area contributed by atoms with Crippen LogP contribution in [-0.4, -0.2) is 71.0 Å². The summed E-state index contributed by atoms with van der Waals surface area (Å²) in [5.74, 6) is 2.71. The molecule has 13 nitrogen and oxygen atoms in total. The molecule has 1 amide bonds. The van der Waals surface area contributed by atoms with Crippen LogP contribution in [0.25, 0.3) is 0 Å². The Hall–Kier alpha value is -4.94. The highest BCUT2D eigenvalue weighted by Crippen LogP contribution is 2.33. The molecule has 3 aromatic heterocycles. The highest BCUT2D eigenvalue weighted by Gasteiger charge is 2.21. The van der Waals surface area contributed by atoms with E-state index in [9.17, 15) is 4.79 Å². The summed E-state index contributed by atoms with van der Waals surface area (Å²) in [6.45, 7) is 8.49. The first-order valence-corrected chi connectivity index (χ1v) is 13.5. The number of nitrogens with one attached hydrogen (secondary N) is 3. The fourth-order valence-corrected chi connectivity index (χ4v) is 4.30. The SMILES string of the molecule is CC.COC(=O)Nc1ccc2c(n1)N(Cc1cnc[nH]1)CCO2.Nc1ccc2c(c1)N(CCc1cnc[nH]1)CCO2. The number of benzene rings is 1. The van der Waals surface area contributed by atoms with Gasteiger partial charge >= 0.3 is 6.09 Å². The molecule has 6 rings (SSSR count). The summed E-state index contributed by atoms with van der Waals surface area (Å²) >= 11 is 0. The van der Waals surface area contributed by atoms with Gasteiger partial charge in [-0.2, -0.15) is 0 Å². The van der Waals surface area contributed by atoms with Gasteiger partial charge in [0, 0.05) is 36.7 Å². The Kier molecular flexibility index (Phi) is 10.2. The number of rotatable bonds is 6. The molecular formula is C28H37N9O4. The first-order chi connectivity index (χ1) is 20.1. The predicted molar refractivity (Wildman–Crippen MR) is 158 cm³/mol. The van der Waals surface area contributed by atoms with Gasteiger partial charge in [0.25, 0.3) is 0 Å². The van der Waals surface area contributed by atoms with Crippen molar-refractivity contribution in [1.82, 2.24) is 24.9 Å². The maximum Gasteiger partial charge on any atom is 0.412 e. The van der Waals surface area contributed by atoms with E-state index in [1.165, 1.54) is 7.11 Å². The van der Waals surface area contributed by atoms with Gasteiger partial charge in [0.2, 0.25) is 0 Å². The summed E-state index contributed by atoms with van der Waals surface area (Å²) in [5, 5.41) is 2.55. The Morgan fingerprint density at radius 2 is 1.68 bits per heavy atom. The minimum atomic E-state index is -0.556. The molecule has 2 aliphatic heterocycles. The third-order valence-electron chi connectivity index (χ3n) is 6.24. The average molecular weight is 564 g/mol. The zero-order valence-electron chi connectivity index (χ0n) is 23.6. The number of anilines is 4. The van der Waals surface area contributed by atoms with Crippen molar-refractivity contribution in [2.24, 2.45) is 0 Å². The Balaban J connectivity index is 0.000000180. The van der Waals surface area contributed by atoms with Crippen molar-refractivity contribution in [2.45, 2.75) is 26.8 Å². The second kappa shape index (κ2) is 14.4. The molecule has 5 N–H and O–H groups in total. The standard InChI is InChI=1S/C13H15N5O3.C13H16N4O.C2H6/c1-20-13(19)17-11-3-2-10-12(16-11)18(4-5-21-10)7-9-6-14-8-15-9;14-10-1-2-13-12(7-10)17(5-6-18-13)4-3-11-8-15-9-16-11;1-2/h2-3,6,8H,4-5,7H2,1H3,(H,14,15)(H,16,17,19);1-2,7-9H,3-6,14H2,(H,15,16);1-2H3. The molecule has 41 heavy (non-hydrogen) atoms. The molecule has 5 heterocycles. The maximum atomic E-state index is 11.3. The first-order valence-electron chi connectivity index (χ1n) is 13.5. The molecule has 218 valence electrons. The third kappa shape index (κ3) is 7.81. The van der Waals surface area contributed by atoms with Crippen molar-refractivity contribution >= 4 is 29.1 Å². The number of nitrogens with zero attached hydrogens (tertiary/aromatic N) is 5. The van der Waals surface area contributed by atoms with Crippen molar-refractivity contribution < 1.29 is 19.0 Å². The number of H-pyrrole nitrogens is 2. The molecule has 0 atom stereocenters. The number of pyridine rings is 1. The highest BCUT2D eigenvalue weighted by atomic mass is 16.5. The van der Waals surface area contributed by atoms with Gasteiger partial charge in [-0.05, 0) is 30.3 Å². The van der Waals surface area contributed by atoms with Crippen molar-refractivity contribution in [2.75, 3.05) is 60.8 Å². The monoisotopic (exact) mass is 563 g/mol. The Bertz CT molecular complexity index is 1360. The van der Waals surface area contributed by atoms with E-state index in [0.717, 1.165) is 54.6 Å². The molecule has 0 radical (unpaired) electrons. The molecule has 0 aliphatic carbocycles. The van der Waals surface area contributed by atoms with Gasteiger partial charge in [0.05, 0.1) is 50.8 Å². The van der Waals surface area contributed by atoms with E-state index in [1.807, 2.05) is 38.2 Å². The second-order valence-corrected chi connectivity index (χ2v) is 8.87. The lowest BCUT2D eigenvalue weighted by molar-refractivity contribution is 0.187. The number of imidazole rings is 2. The van der Waals surface area contributed by atoms with Crippen molar-refractivity contribution in [3.8, 4) is 11.5 Å². The largest absolute Gasteiger partial charge is 0.490 e. The van der Waals surface area contributed by atoms with E-state index in [0.29, 0.717) is 37.1 Å². The summed E-state index contributed by atoms with van der Waals surface area (Å²) in [4.78, 5) is 34.2. The van der Waals surface area contributed by atoms with Gasteiger partial charge in [-0.15, -0.1) is 0 Å². The minimum absolute atomic E-state index is 0.417. The number of aromatic amines is 2. The molecule has 4 aromatic rings. The van der Waals surface area contributed by atoms with Gasteiger partial charge in [-0.25, -0.2) is 19.7 Å². The molecule has 0 spiro atoms. The molecule has 1 aromatic carbocycles. The van der Waals surface area contributed by atoms with Gasteiger partial charge in [-0.1, -0.05) is 13.8 Å². The number of hydrogen-bond donors (Lipinski definition) is 4. The molecule has 2 aliphatic rings. The average Bonchev–Trinajstić information content (AvgIpc) is 3.73. The molecule has 0 saturated carbocycles. The highest BCUT2D eigenvalue weighted by molar-refractivity contribution is 5.83. The number of ether oxygens (including phenoxy) is 3. The van der Waals surface area contributed by atoms with Crippen LogP contribution in [0.15, 0.2) is 55.4 Å². The van der Waals surface area contributed by atoms with Crippen molar-refractivity contribution in [1.29, 1.82) is 0 Å². The van der Waals surface area contributed by atoms with E-state index in [4.69, 9.17) is 15.2 Å². The lowest BCUT2D eigenvalue weighted by Crippen LogP contribution is -2.34. The first kappa shape index (κ1) is 29.1. The lowest BCUT2D eigenvalue weighted by atomic mass is 10.2. The van der Waals surface area contributed by atoms with Gasteiger partial charge in [0.15, 0.2) is 11.6 Å². The van der Waals surface area contributed by atoms with Crippen LogP contribution in [0.2, 0.25) is 0 Å². The van der Waals surface area contributed by atoms with Crippen molar-refractivity contribution in [3.63, 3.8) is 0 Å². The summed E-state index contributed by atoms with van der Waals surface area (Å²) in [7, 11) is 1.31. The number of hydrogen-bond acceptors (Lipinski definition) is 10. The fraction of sp³-hybridized carbons (Fsp3) is 0.357. The van der Waals surface area contributed by atoms with Crippen LogP contribution in [0, 0.1) is 0 Å². The smallest absolute Gasteiger partial charge is 0.412 e. The van der Waals surface area contributed by atoms with E-state index in [1.54, 1.807) is 31.0 Å². The zero-order chi connectivity index (χ0) is 29.0. The normalized spacial score (nSPS) is 13.1. The topological polar surface area (TPSA) is 160 Å². The third-order valence-corrected chi connectivity index (χ3v) is 6.24. The number of amides is 1. The number of carbonyl (C=O) groups is 1. The van der Waals surface area contributed by atoms with Crippen LogP contribution in [0.3, 0.4) is 0 Å². The fourth-order valence-electron chi connectivity index (χ4n) is 4.30. The lowest BCUT2D eigenvalue weighted by Gasteiger charge is -2.31. The number of nitrogens with two attached hydrogens (primary N) is 1. The van der Waals surface area contributed by atoms with E-state index >= 15 is 0 Å². The quantitative estimate of drug-likeness (QED) is 0.254. The second-order valence-electron chi connectivity index (χ2n) is 8.87. The van der Waals surface area contributed by atoms with E-state index in [2.05, 4.69) is 44.8 Å².